The molecular formula is C8Cl2F13O3Rf-. The van der Waals surface area contributed by atoms with E-state index in [4.69, 9.17) is 0 Å². The van der Waals surface area contributed by atoms with Gasteiger partial charge in [-0.3, -0.25) is 4.74 Å². The number of hydrogen-bond acceptors (Lipinski definition) is 3. The topological polar surface area (TPSA) is 35.5 Å². The fourth-order valence-electron chi connectivity index (χ4n) is 1.00. The standard InChI is InChI=1S/C8Cl2F13O3.Rf/c9-2(11,5(10,15)16)3(12,13)7(20,21)26-4(14,6(17,18)19)8(22,23)25-1-24;/q-1;. The fourth-order valence-corrected chi connectivity index (χ4v) is 1.23. The van der Waals surface area contributed by atoms with Crippen LogP contribution in [0.1, 0.15) is 0 Å². The number of alkyl halides is 15. The molecule has 0 saturated carbocycles. The predicted octanol–water partition coefficient (Wildman–Crippen LogP) is 4.87. The first-order chi connectivity index (χ1) is 11.0. The van der Waals surface area contributed by atoms with E-state index in [0.717, 1.165) is 0 Å². The monoisotopic (exact) mass is 728 g/mol. The van der Waals surface area contributed by atoms with E-state index in [2.05, 4.69) is 27.9 Å². The number of carbonyl (C=O) groups excluding carboxylic acids is 1. The minimum Gasteiger partial charge on any atom is -0.599 e. The molecule has 0 aliphatic rings. The Morgan fingerprint density at radius 1 is 0.704 bits per heavy atom. The zero-order valence-electron chi connectivity index (χ0n) is 11.6. The van der Waals surface area contributed by atoms with Gasteiger partial charge in [-0.25, -0.2) is 4.39 Å². The summed E-state index contributed by atoms with van der Waals surface area (Å²) >= 11 is 7.43. The summed E-state index contributed by atoms with van der Waals surface area (Å²) in [6, 6.07) is 0. The maximum atomic E-state index is 13.4. The van der Waals surface area contributed by atoms with E-state index < -0.39 is 47.2 Å². The summed E-state index contributed by atoms with van der Waals surface area (Å²) in [5.74, 6) is -14.6. The third-order valence-electron chi connectivity index (χ3n) is 2.29. The molecule has 2 atom stereocenters. The summed E-state index contributed by atoms with van der Waals surface area (Å²) in [7, 11) is 0. The second kappa shape index (κ2) is 6.92. The molecule has 0 fully saturated rings. The van der Waals surface area contributed by atoms with Gasteiger partial charge in [0.25, 0.3) is 0 Å². The zero-order chi connectivity index (χ0) is 21.6. The molecule has 0 aromatic carbocycles. The van der Waals surface area contributed by atoms with E-state index in [-0.39, 0.29) is 0 Å². The molecule has 3 nitrogen and oxygen atoms in total. The van der Waals surface area contributed by atoms with E-state index in [9.17, 15) is 61.9 Å². The average Bonchev–Trinajstić information content (AvgIpc) is 2.34. The van der Waals surface area contributed by atoms with Crippen LogP contribution >= 0.6 is 23.2 Å². The first kappa shape index (κ1) is 27.3. The Morgan fingerprint density at radius 2 is 1.07 bits per heavy atom. The molecule has 0 saturated heterocycles. The minimum atomic E-state index is -7.46. The Balaban J connectivity index is 0. The smallest absolute Gasteiger partial charge is 0.459 e. The first-order valence-corrected chi connectivity index (χ1v) is 5.86. The van der Waals surface area contributed by atoms with Gasteiger partial charge in [-0.2, -0.15) is 52.7 Å². The molecule has 19 heteroatoms. The molecule has 0 spiro atoms. The van der Waals surface area contributed by atoms with Gasteiger partial charge in [-0.1, -0.05) is 18.1 Å². The molecule has 0 heterocycles. The van der Waals surface area contributed by atoms with Crippen LogP contribution in [0.5, 0.6) is 0 Å². The average molecular weight is 729 g/mol. The van der Waals surface area contributed by atoms with Crippen LogP contribution in [0.2, 0.25) is 0 Å². The van der Waals surface area contributed by atoms with Gasteiger partial charge in [-0.05, 0) is 11.6 Å². The molecule has 0 aromatic heterocycles. The molecule has 27 heavy (non-hydrogen) atoms. The fraction of sp³-hybridized carbons (Fsp3) is 0.875. The van der Waals surface area contributed by atoms with Crippen molar-refractivity contribution < 1.29 is 71.3 Å². The van der Waals surface area contributed by atoms with Gasteiger partial charge in [0.1, 0.15) is 0 Å². The van der Waals surface area contributed by atoms with Gasteiger partial charge in [0.2, 0.25) is 0 Å². The summed E-state index contributed by atoms with van der Waals surface area (Å²) in [4.78, 5) is 9.50. The van der Waals surface area contributed by atoms with Crippen LogP contribution in [0.25, 0.3) is 0 Å². The molecule has 0 aliphatic carbocycles. The van der Waals surface area contributed by atoms with Gasteiger partial charge in [0.05, 0.1) is 0 Å². The number of rotatable bonds is 8. The summed E-state index contributed by atoms with van der Waals surface area (Å²) < 4.78 is 170. The Hall–Kier alpha value is -1.90. The Labute approximate surface area is 142 Å². The maximum Gasteiger partial charge on any atom is 0.459 e. The van der Waals surface area contributed by atoms with Crippen LogP contribution in [0, 0.1) is 0 Å². The molecular weight excluding hydrogens is 729 g/mol. The Bertz CT molecular complexity index is 535. The van der Waals surface area contributed by atoms with E-state index in [1.54, 1.807) is 4.74 Å². The second-order valence-corrected chi connectivity index (χ2v) is 5.06. The zero-order valence-corrected chi connectivity index (χ0v) is 19.5. The third-order valence-corrected chi connectivity index (χ3v) is 3.13. The molecule has 0 aromatic rings. The molecule has 0 N–H and O–H groups in total. The van der Waals surface area contributed by atoms with E-state index >= 15 is 0 Å². The minimum absolute atomic E-state index is 0. The largest absolute Gasteiger partial charge is 0.599 e. The Morgan fingerprint density at radius 3 is 1.33 bits per heavy atom. The van der Waals surface area contributed by atoms with Gasteiger partial charge in [0.15, 0.2) is 0 Å². The van der Waals surface area contributed by atoms with Crippen LogP contribution in [0.15, 0.2) is 0 Å². The van der Waals surface area contributed by atoms with E-state index in [1.807, 2.05) is 0 Å². The van der Waals surface area contributed by atoms with Crippen LogP contribution in [-0.4, -0.2) is 47.2 Å². The number of ether oxygens (including phenoxy) is 2. The van der Waals surface area contributed by atoms with E-state index in [0.29, 0.717) is 0 Å². The molecule has 0 bridgehead atoms. The third kappa shape index (κ3) is 4.17. The van der Waals surface area contributed by atoms with Gasteiger partial charge in [-0.15, -0.1) is 0 Å². The maximum absolute atomic E-state index is 13.4. The van der Waals surface area contributed by atoms with E-state index in [1.165, 1.54) is 0 Å². The molecule has 2 unspecified atom stereocenters. The van der Waals surface area contributed by atoms with Crippen molar-refractivity contribution in [3.63, 3.8) is 0 Å². The summed E-state index contributed by atoms with van der Waals surface area (Å²) in [5, 5.41) is -12.6. The SMILES string of the molecule is O=[C-]OC(F)(F)C(F)(OC(F)(F)C(F)(F)C(F)(Cl)C(F)(F)Cl)C(F)(F)F.[Rf]. The normalized spacial score (nSPS) is 18.8. The molecule has 158 valence electrons. The van der Waals surface area contributed by atoms with Crippen molar-refractivity contribution in [2.45, 2.75) is 40.7 Å². The van der Waals surface area contributed by atoms with Gasteiger partial charge >= 0.3 is 40.7 Å². The van der Waals surface area contributed by atoms with Gasteiger partial charge < -0.3 is 9.53 Å². The summed E-state index contributed by atoms with van der Waals surface area (Å²) in [6.45, 7) is -0.529. The predicted molar refractivity (Wildman–Crippen MR) is 53.1 cm³/mol. The molecule has 0 amide bonds. The molecule has 0 aliphatic heterocycles. The second-order valence-electron chi connectivity index (χ2n) is 4.06. The van der Waals surface area contributed by atoms with Crippen molar-refractivity contribution in [3.05, 3.63) is 0 Å². The van der Waals surface area contributed by atoms with Crippen LogP contribution in [0.3, 0.4) is 0 Å². The number of halogens is 15. The molecule has 0 radical (unpaired) electrons. The van der Waals surface area contributed by atoms with Crippen LogP contribution < -0.4 is 0 Å². The number of hydrogen-bond donors (Lipinski definition) is 0. The van der Waals surface area contributed by atoms with Crippen LogP contribution in [-0.2, 0) is 14.3 Å². The summed E-state index contributed by atoms with van der Waals surface area (Å²) in [6.07, 6.45) is -21.6. The van der Waals surface area contributed by atoms with Crippen molar-refractivity contribution in [3.8, 4) is 0 Å². The van der Waals surface area contributed by atoms with Crippen molar-refractivity contribution in [2.75, 3.05) is 0 Å². The van der Waals surface area contributed by atoms with Crippen molar-refractivity contribution in [1.82, 2.24) is 0 Å². The van der Waals surface area contributed by atoms with Crippen molar-refractivity contribution >= 4 is 29.7 Å². The van der Waals surface area contributed by atoms with Crippen LogP contribution in [0.4, 0.5) is 57.1 Å². The quantitative estimate of drug-likeness (QED) is 0.204. The Kier molecular flexibility index (Phi) is 7.00. The molecule has 0 rings (SSSR count). The summed E-state index contributed by atoms with van der Waals surface area (Å²) in [5.41, 5.74) is 0. The van der Waals surface area contributed by atoms with Crippen molar-refractivity contribution in [1.29, 1.82) is 0 Å². The van der Waals surface area contributed by atoms with Crippen molar-refractivity contribution in [2.24, 2.45) is 0 Å². The first-order valence-electron chi connectivity index (χ1n) is 5.11. The van der Waals surface area contributed by atoms with Gasteiger partial charge in [0, 0.05) is 0 Å².